The van der Waals surface area contributed by atoms with Crippen molar-refractivity contribution in [2.75, 3.05) is 13.1 Å². The first-order valence-corrected chi connectivity index (χ1v) is 13.9. The van der Waals surface area contributed by atoms with Gasteiger partial charge in [-0.3, -0.25) is 4.79 Å². The average molecular weight is 515 g/mol. The van der Waals surface area contributed by atoms with Gasteiger partial charge in [-0.05, 0) is 98.1 Å². The van der Waals surface area contributed by atoms with E-state index in [1.165, 1.54) is 12.8 Å². The first-order chi connectivity index (χ1) is 18.3. The summed E-state index contributed by atoms with van der Waals surface area (Å²) in [5.41, 5.74) is 9.85. The molecule has 4 rings (SSSR count). The topological polar surface area (TPSA) is 91.8 Å². The quantitative estimate of drug-likeness (QED) is 0.134. The zero-order valence-corrected chi connectivity index (χ0v) is 23.1. The molecule has 6 heteroatoms. The predicted octanol–water partition coefficient (Wildman–Crippen LogP) is 6.31. The summed E-state index contributed by atoms with van der Waals surface area (Å²) < 4.78 is 0. The van der Waals surface area contributed by atoms with Gasteiger partial charge in [0.25, 0.3) is 0 Å². The van der Waals surface area contributed by atoms with Crippen LogP contribution in [0.5, 0.6) is 5.75 Å². The summed E-state index contributed by atoms with van der Waals surface area (Å²) in [4.78, 5) is 22.9. The lowest BCUT2D eigenvalue weighted by molar-refractivity contribution is -0.104. The molecule has 1 aromatic heterocycles. The van der Waals surface area contributed by atoms with Crippen molar-refractivity contribution in [3.05, 3.63) is 66.0 Å². The lowest BCUT2D eigenvalue weighted by atomic mass is 9.54. The number of hydrogen-bond donors (Lipinski definition) is 2. The summed E-state index contributed by atoms with van der Waals surface area (Å²) in [6.45, 7) is 11.8. The Morgan fingerprint density at radius 1 is 1.21 bits per heavy atom. The Hall–Kier alpha value is -3.41. The highest BCUT2D eigenvalue weighted by molar-refractivity contribution is 5.88. The number of carbonyl (C=O) groups is 1. The fourth-order valence-corrected chi connectivity index (χ4v) is 7.02. The molecule has 0 saturated heterocycles. The minimum atomic E-state index is 0.0182. The van der Waals surface area contributed by atoms with Crippen molar-refractivity contribution >= 4 is 18.3 Å². The fourth-order valence-electron chi connectivity index (χ4n) is 7.02. The third kappa shape index (κ3) is 6.17. The number of benzene rings is 1. The molecule has 2 saturated carbocycles. The molecule has 2 aliphatic rings. The highest BCUT2D eigenvalue weighted by Crippen LogP contribution is 2.56. The Kier molecular flexibility index (Phi) is 8.70. The lowest BCUT2D eigenvalue weighted by Gasteiger charge is -2.50. The van der Waals surface area contributed by atoms with Crippen molar-refractivity contribution < 1.29 is 9.90 Å². The van der Waals surface area contributed by atoms with E-state index in [4.69, 9.17) is 10.7 Å². The van der Waals surface area contributed by atoms with E-state index in [9.17, 15) is 9.90 Å². The third-order valence-electron chi connectivity index (χ3n) is 8.09. The van der Waals surface area contributed by atoms with E-state index >= 15 is 0 Å². The number of guanidine groups is 1. The molecule has 2 unspecified atom stereocenters. The number of aliphatic imine (C=N–C) groups is 1. The molecule has 0 amide bonds. The number of phenolic OH excluding ortho intramolecular Hbond substituents is 1. The van der Waals surface area contributed by atoms with Gasteiger partial charge in [-0.2, -0.15) is 0 Å². The second-order valence-corrected chi connectivity index (χ2v) is 11.5. The number of nitrogens with zero attached hydrogens (tertiary/aromatic N) is 3. The number of carbonyl (C=O) groups excluding carboxylic acids is 1. The van der Waals surface area contributed by atoms with Crippen LogP contribution in [0, 0.1) is 17.8 Å². The minimum Gasteiger partial charge on any atom is -0.508 e. The molecule has 2 aromatic rings. The second kappa shape index (κ2) is 12.0. The Labute approximate surface area is 227 Å². The van der Waals surface area contributed by atoms with Crippen LogP contribution in [0.4, 0.5) is 0 Å². The number of aromatic nitrogens is 1. The van der Waals surface area contributed by atoms with Gasteiger partial charge in [0.15, 0.2) is 12.2 Å². The lowest BCUT2D eigenvalue weighted by Crippen LogP contribution is -2.42. The van der Waals surface area contributed by atoms with Gasteiger partial charge in [-0.15, -0.1) is 6.58 Å². The van der Waals surface area contributed by atoms with Crippen molar-refractivity contribution in [3.63, 3.8) is 0 Å². The number of aldehydes is 1. The van der Waals surface area contributed by atoms with Gasteiger partial charge < -0.3 is 15.7 Å². The van der Waals surface area contributed by atoms with Crippen LogP contribution >= 0.6 is 0 Å². The van der Waals surface area contributed by atoms with Gasteiger partial charge in [0.2, 0.25) is 0 Å². The smallest absolute Gasteiger partial charge is 0.196 e. The second-order valence-electron chi connectivity index (χ2n) is 11.5. The summed E-state index contributed by atoms with van der Waals surface area (Å²) in [5, 5.41) is 11.0. The number of pyridine rings is 1. The first-order valence-electron chi connectivity index (χ1n) is 13.9. The Balaban J connectivity index is 1.66. The molecule has 2 fully saturated rings. The summed E-state index contributed by atoms with van der Waals surface area (Å²) in [6.07, 6.45) is 11.0. The van der Waals surface area contributed by atoms with E-state index in [2.05, 4.69) is 38.4 Å². The van der Waals surface area contributed by atoms with Crippen LogP contribution in [0.1, 0.15) is 70.6 Å². The van der Waals surface area contributed by atoms with Gasteiger partial charge in [-0.1, -0.05) is 32.9 Å². The molecule has 3 N–H and O–H groups in total. The van der Waals surface area contributed by atoms with Crippen LogP contribution in [0.25, 0.3) is 17.3 Å². The summed E-state index contributed by atoms with van der Waals surface area (Å²) in [7, 11) is 0. The maximum absolute atomic E-state index is 11.8. The van der Waals surface area contributed by atoms with Crippen LogP contribution < -0.4 is 5.73 Å². The van der Waals surface area contributed by atoms with Crippen molar-refractivity contribution in [2.45, 2.75) is 64.7 Å². The summed E-state index contributed by atoms with van der Waals surface area (Å²) >= 11 is 0. The highest BCUT2D eigenvalue weighted by atomic mass is 16.3. The molecular formula is C32H42N4O2. The zero-order chi connectivity index (χ0) is 27.3. The van der Waals surface area contributed by atoms with Gasteiger partial charge >= 0.3 is 0 Å². The molecular weight excluding hydrogens is 472 g/mol. The number of rotatable bonds is 9. The fraction of sp³-hybridized carbons (Fsp3) is 0.469. The van der Waals surface area contributed by atoms with Gasteiger partial charge in [-0.25, -0.2) is 9.98 Å². The normalized spacial score (nSPS) is 25.6. The molecule has 0 radical (unpaired) electrons. The van der Waals surface area contributed by atoms with Crippen molar-refractivity contribution in [3.8, 4) is 17.0 Å². The molecule has 38 heavy (non-hydrogen) atoms. The van der Waals surface area contributed by atoms with Gasteiger partial charge in [0.05, 0.1) is 11.4 Å². The Bertz CT molecular complexity index is 1200. The number of allylic oxidation sites excluding steroid dienone is 1. The molecule has 1 heterocycles. The molecule has 202 valence electrons. The first kappa shape index (κ1) is 27.6. The molecule has 0 spiro atoms. The molecule has 2 atom stereocenters. The van der Waals surface area contributed by atoms with Gasteiger partial charge in [0, 0.05) is 24.2 Å². The molecule has 0 aliphatic heterocycles. The number of nitrogens with two attached hydrogens (primary N) is 1. The maximum atomic E-state index is 11.8. The van der Waals surface area contributed by atoms with Crippen LogP contribution in [-0.4, -0.2) is 40.3 Å². The van der Waals surface area contributed by atoms with E-state index in [1.807, 2.05) is 35.2 Å². The largest absolute Gasteiger partial charge is 0.508 e. The number of hydrogen-bond acceptors (Lipinski definition) is 4. The third-order valence-corrected chi connectivity index (χ3v) is 8.09. The Morgan fingerprint density at radius 2 is 1.95 bits per heavy atom. The average Bonchev–Trinajstić information content (AvgIpc) is 2.87. The van der Waals surface area contributed by atoms with E-state index in [-0.39, 0.29) is 17.1 Å². The number of aromatic hydroxyl groups is 1. The minimum absolute atomic E-state index is 0.0182. The van der Waals surface area contributed by atoms with E-state index in [0.717, 1.165) is 55.0 Å². The number of fused-ring (bicyclic) bond motifs is 2. The number of phenols is 1. The van der Waals surface area contributed by atoms with Crippen molar-refractivity contribution in [2.24, 2.45) is 28.5 Å². The SMILES string of the molecule is C=CCN(CCC)C(N)=N/C(C=O)=C\c1cccc(-c2ccc(O)c(C34CC(C)CC(CC(C)C3)C4)c2)n1. The Morgan fingerprint density at radius 3 is 2.61 bits per heavy atom. The van der Waals surface area contributed by atoms with Crippen LogP contribution in [0.3, 0.4) is 0 Å². The van der Waals surface area contributed by atoms with E-state index in [1.54, 1.807) is 12.2 Å². The highest BCUT2D eigenvalue weighted by Gasteiger charge is 2.46. The monoisotopic (exact) mass is 514 g/mol. The van der Waals surface area contributed by atoms with Crippen LogP contribution in [-0.2, 0) is 10.2 Å². The summed E-state index contributed by atoms with van der Waals surface area (Å²) in [6, 6.07) is 11.6. The van der Waals surface area contributed by atoms with Crippen molar-refractivity contribution in [1.29, 1.82) is 0 Å². The molecule has 1 aromatic carbocycles. The molecule has 6 nitrogen and oxygen atoms in total. The molecule has 2 aliphatic carbocycles. The zero-order valence-electron chi connectivity index (χ0n) is 23.1. The maximum Gasteiger partial charge on any atom is 0.196 e. The predicted molar refractivity (Wildman–Crippen MR) is 156 cm³/mol. The molecule has 2 bridgehead atoms. The van der Waals surface area contributed by atoms with Crippen LogP contribution in [0.2, 0.25) is 0 Å². The van der Waals surface area contributed by atoms with E-state index in [0.29, 0.717) is 36.1 Å². The van der Waals surface area contributed by atoms with Gasteiger partial charge in [0.1, 0.15) is 11.4 Å². The van der Waals surface area contributed by atoms with E-state index < -0.39 is 0 Å². The standard InChI is InChI=1S/C32H42N4O2/c1-5-12-36(13-6-2)31(33)35-27(21-37)17-26-8-7-9-29(34-26)25-10-11-30(38)28(16-25)32-18-22(3)14-24(20-32)15-23(4)19-32/h5,7-11,16-17,21-24,38H,1,6,12-15,18-20H2,2-4H3,(H2,33,35)/b27-17-. The van der Waals surface area contributed by atoms with Crippen molar-refractivity contribution in [1.82, 2.24) is 9.88 Å². The van der Waals surface area contributed by atoms with Crippen LogP contribution in [0.15, 0.2) is 59.7 Å². The summed E-state index contributed by atoms with van der Waals surface area (Å²) in [5.74, 6) is 2.71.